The minimum absolute atomic E-state index is 0.143. The maximum atomic E-state index is 13.0. The molecule has 1 aromatic rings. The molecule has 1 aromatic carbocycles. The summed E-state index contributed by atoms with van der Waals surface area (Å²) in [6.07, 6.45) is 3.21. The third-order valence-electron chi connectivity index (χ3n) is 3.59. The van der Waals surface area contributed by atoms with Gasteiger partial charge in [0.1, 0.15) is 5.82 Å². The standard InChI is InChI=1S/C15H23FN2/c1-15(2)11-14(7-9-18-15)17-8-6-12-4-3-5-13(16)10-12/h3-5,10,14,17-18H,6-9,11H2,1-2H3. The second-order valence-corrected chi connectivity index (χ2v) is 5.83. The largest absolute Gasteiger partial charge is 0.314 e. The number of rotatable bonds is 4. The van der Waals surface area contributed by atoms with E-state index in [4.69, 9.17) is 0 Å². The molecule has 3 heteroatoms. The van der Waals surface area contributed by atoms with E-state index >= 15 is 0 Å². The maximum Gasteiger partial charge on any atom is 0.123 e. The predicted molar refractivity (Wildman–Crippen MR) is 73.2 cm³/mol. The molecule has 0 saturated carbocycles. The average Bonchev–Trinajstić information content (AvgIpc) is 2.28. The van der Waals surface area contributed by atoms with Crippen molar-refractivity contribution >= 4 is 0 Å². The van der Waals surface area contributed by atoms with E-state index < -0.39 is 0 Å². The van der Waals surface area contributed by atoms with Crippen LogP contribution in [0.25, 0.3) is 0 Å². The van der Waals surface area contributed by atoms with Crippen molar-refractivity contribution in [2.75, 3.05) is 13.1 Å². The Kier molecular flexibility index (Phi) is 4.36. The van der Waals surface area contributed by atoms with E-state index in [1.54, 1.807) is 12.1 Å². The number of nitrogens with one attached hydrogen (secondary N) is 2. The van der Waals surface area contributed by atoms with E-state index in [0.29, 0.717) is 6.04 Å². The van der Waals surface area contributed by atoms with Crippen LogP contribution in [-0.2, 0) is 6.42 Å². The fraction of sp³-hybridized carbons (Fsp3) is 0.600. The molecule has 0 aromatic heterocycles. The van der Waals surface area contributed by atoms with Gasteiger partial charge in [-0.1, -0.05) is 12.1 Å². The summed E-state index contributed by atoms with van der Waals surface area (Å²) in [5, 5.41) is 7.10. The lowest BCUT2D eigenvalue weighted by Crippen LogP contribution is -2.52. The lowest BCUT2D eigenvalue weighted by Gasteiger charge is -2.37. The highest BCUT2D eigenvalue weighted by Crippen LogP contribution is 2.18. The highest BCUT2D eigenvalue weighted by molar-refractivity contribution is 5.16. The van der Waals surface area contributed by atoms with Gasteiger partial charge in [-0.25, -0.2) is 4.39 Å². The zero-order valence-electron chi connectivity index (χ0n) is 11.3. The van der Waals surface area contributed by atoms with Crippen molar-refractivity contribution in [1.29, 1.82) is 0 Å². The number of halogens is 1. The van der Waals surface area contributed by atoms with Crippen molar-refractivity contribution in [3.63, 3.8) is 0 Å². The Morgan fingerprint density at radius 3 is 3.00 bits per heavy atom. The number of benzene rings is 1. The molecule has 1 aliphatic heterocycles. The molecular formula is C15H23FN2. The van der Waals surface area contributed by atoms with Crippen LogP contribution in [0.1, 0.15) is 32.3 Å². The van der Waals surface area contributed by atoms with Crippen LogP contribution in [0.2, 0.25) is 0 Å². The number of piperidine rings is 1. The van der Waals surface area contributed by atoms with Crippen molar-refractivity contribution in [2.24, 2.45) is 0 Å². The molecule has 0 amide bonds. The molecule has 1 fully saturated rings. The second kappa shape index (κ2) is 5.81. The summed E-state index contributed by atoms with van der Waals surface area (Å²) >= 11 is 0. The highest BCUT2D eigenvalue weighted by Gasteiger charge is 2.26. The van der Waals surface area contributed by atoms with Gasteiger partial charge < -0.3 is 10.6 Å². The Balaban J connectivity index is 1.75. The van der Waals surface area contributed by atoms with Crippen molar-refractivity contribution in [3.8, 4) is 0 Å². The van der Waals surface area contributed by atoms with Crippen LogP contribution < -0.4 is 10.6 Å². The van der Waals surface area contributed by atoms with Crippen LogP contribution >= 0.6 is 0 Å². The van der Waals surface area contributed by atoms with E-state index in [0.717, 1.165) is 31.5 Å². The summed E-state index contributed by atoms with van der Waals surface area (Å²) in [6, 6.07) is 7.45. The monoisotopic (exact) mass is 250 g/mol. The first-order chi connectivity index (χ1) is 8.55. The third kappa shape index (κ3) is 4.07. The van der Waals surface area contributed by atoms with Gasteiger partial charge in [0.15, 0.2) is 0 Å². The van der Waals surface area contributed by atoms with Crippen molar-refractivity contribution in [2.45, 2.75) is 44.7 Å². The van der Waals surface area contributed by atoms with Gasteiger partial charge >= 0.3 is 0 Å². The summed E-state index contributed by atoms with van der Waals surface area (Å²) in [4.78, 5) is 0. The summed E-state index contributed by atoms with van der Waals surface area (Å²) in [5.41, 5.74) is 1.30. The molecule has 1 saturated heterocycles. The first-order valence-corrected chi connectivity index (χ1v) is 6.78. The zero-order valence-corrected chi connectivity index (χ0v) is 11.3. The highest BCUT2D eigenvalue weighted by atomic mass is 19.1. The molecule has 1 atom stereocenters. The van der Waals surface area contributed by atoms with Crippen molar-refractivity contribution in [3.05, 3.63) is 35.6 Å². The minimum Gasteiger partial charge on any atom is -0.314 e. The van der Waals surface area contributed by atoms with Crippen molar-refractivity contribution in [1.82, 2.24) is 10.6 Å². The molecule has 100 valence electrons. The predicted octanol–water partition coefficient (Wildman–Crippen LogP) is 2.49. The molecule has 0 radical (unpaired) electrons. The SMILES string of the molecule is CC1(C)CC(NCCc2cccc(F)c2)CCN1. The minimum atomic E-state index is -0.143. The van der Waals surface area contributed by atoms with Gasteiger partial charge in [0.2, 0.25) is 0 Å². The Bertz CT molecular complexity index is 390. The summed E-state index contributed by atoms with van der Waals surface area (Å²) in [6.45, 7) is 6.48. The average molecular weight is 250 g/mol. The maximum absolute atomic E-state index is 13.0. The molecular weight excluding hydrogens is 227 g/mol. The Labute approximate surface area is 109 Å². The van der Waals surface area contributed by atoms with Gasteiger partial charge in [-0.05, 0) is 63.9 Å². The molecule has 2 N–H and O–H groups in total. The first kappa shape index (κ1) is 13.5. The van der Waals surface area contributed by atoms with Crippen LogP contribution in [0.3, 0.4) is 0 Å². The smallest absolute Gasteiger partial charge is 0.123 e. The van der Waals surface area contributed by atoms with Gasteiger partial charge in [0, 0.05) is 11.6 Å². The van der Waals surface area contributed by atoms with E-state index in [2.05, 4.69) is 24.5 Å². The lowest BCUT2D eigenvalue weighted by molar-refractivity contribution is 0.249. The fourth-order valence-corrected chi connectivity index (χ4v) is 2.66. The zero-order chi connectivity index (χ0) is 13.0. The quantitative estimate of drug-likeness (QED) is 0.858. The molecule has 1 heterocycles. The van der Waals surface area contributed by atoms with Gasteiger partial charge in [-0.15, -0.1) is 0 Å². The van der Waals surface area contributed by atoms with E-state index in [9.17, 15) is 4.39 Å². The Morgan fingerprint density at radius 1 is 1.44 bits per heavy atom. The molecule has 1 aliphatic rings. The van der Waals surface area contributed by atoms with Gasteiger partial charge in [0.05, 0.1) is 0 Å². The summed E-state index contributed by atoms with van der Waals surface area (Å²) < 4.78 is 13.0. The van der Waals surface area contributed by atoms with E-state index in [1.165, 1.54) is 12.5 Å². The van der Waals surface area contributed by atoms with Gasteiger partial charge in [-0.3, -0.25) is 0 Å². The van der Waals surface area contributed by atoms with Crippen LogP contribution in [0, 0.1) is 5.82 Å². The summed E-state index contributed by atoms with van der Waals surface area (Å²) in [7, 11) is 0. The Morgan fingerprint density at radius 2 is 2.28 bits per heavy atom. The van der Waals surface area contributed by atoms with Gasteiger partial charge in [-0.2, -0.15) is 0 Å². The normalized spacial score (nSPS) is 22.9. The van der Waals surface area contributed by atoms with Crippen molar-refractivity contribution < 1.29 is 4.39 Å². The first-order valence-electron chi connectivity index (χ1n) is 6.78. The van der Waals surface area contributed by atoms with Crippen LogP contribution in [-0.4, -0.2) is 24.7 Å². The molecule has 1 unspecified atom stereocenters. The molecule has 18 heavy (non-hydrogen) atoms. The lowest BCUT2D eigenvalue weighted by atomic mass is 9.89. The molecule has 2 rings (SSSR count). The molecule has 2 nitrogen and oxygen atoms in total. The number of hydrogen-bond donors (Lipinski definition) is 2. The van der Waals surface area contributed by atoms with Crippen LogP contribution in [0.5, 0.6) is 0 Å². The van der Waals surface area contributed by atoms with E-state index in [1.807, 2.05) is 6.07 Å². The summed E-state index contributed by atoms with van der Waals surface area (Å²) in [5.74, 6) is -0.143. The molecule has 0 bridgehead atoms. The molecule has 0 aliphatic carbocycles. The topological polar surface area (TPSA) is 24.1 Å². The van der Waals surface area contributed by atoms with Gasteiger partial charge in [0.25, 0.3) is 0 Å². The fourth-order valence-electron chi connectivity index (χ4n) is 2.66. The molecule has 0 spiro atoms. The number of hydrogen-bond acceptors (Lipinski definition) is 2. The Hall–Kier alpha value is -0.930. The van der Waals surface area contributed by atoms with E-state index in [-0.39, 0.29) is 11.4 Å². The van der Waals surface area contributed by atoms with Crippen LogP contribution in [0.4, 0.5) is 4.39 Å². The second-order valence-electron chi connectivity index (χ2n) is 5.83. The van der Waals surface area contributed by atoms with Crippen LogP contribution in [0.15, 0.2) is 24.3 Å². The third-order valence-corrected chi connectivity index (χ3v) is 3.59.